The number of carbonyl (C=O) groups is 1. The first kappa shape index (κ1) is 14.8. The lowest BCUT2D eigenvalue weighted by Gasteiger charge is -2.34. The SMILES string of the molecule is Cc1cnn([C@@H]2CCCN(C(=O)[C@H]3Cc4ccccc4S3)C2)c1. The highest BCUT2D eigenvalue weighted by molar-refractivity contribution is 8.01. The maximum absolute atomic E-state index is 12.9. The molecule has 2 aliphatic heterocycles. The van der Waals surface area contributed by atoms with Gasteiger partial charge in [0.15, 0.2) is 0 Å². The van der Waals surface area contributed by atoms with Gasteiger partial charge in [-0.15, -0.1) is 11.8 Å². The van der Waals surface area contributed by atoms with Gasteiger partial charge < -0.3 is 4.90 Å². The molecule has 1 fully saturated rings. The number of thioether (sulfide) groups is 1. The molecular formula is C18H21N3OS. The molecule has 1 aromatic heterocycles. The van der Waals surface area contributed by atoms with E-state index in [-0.39, 0.29) is 5.25 Å². The van der Waals surface area contributed by atoms with Gasteiger partial charge in [0.25, 0.3) is 0 Å². The van der Waals surface area contributed by atoms with Crippen LogP contribution in [0.25, 0.3) is 0 Å². The Bertz CT molecular complexity index is 702. The second-order valence-corrected chi connectivity index (χ2v) is 7.74. The molecular weight excluding hydrogens is 306 g/mol. The van der Waals surface area contributed by atoms with Crippen molar-refractivity contribution in [3.05, 3.63) is 47.8 Å². The van der Waals surface area contributed by atoms with Gasteiger partial charge in [-0.05, 0) is 43.4 Å². The third kappa shape index (κ3) is 2.90. The highest BCUT2D eigenvalue weighted by Gasteiger charge is 2.34. The fourth-order valence-corrected chi connectivity index (χ4v) is 4.81. The lowest BCUT2D eigenvalue weighted by atomic mass is 10.0. The topological polar surface area (TPSA) is 38.1 Å². The fraction of sp³-hybridized carbons (Fsp3) is 0.444. The average molecular weight is 327 g/mol. The predicted molar refractivity (Wildman–Crippen MR) is 91.6 cm³/mol. The minimum Gasteiger partial charge on any atom is -0.340 e. The molecule has 0 bridgehead atoms. The Morgan fingerprint density at radius 3 is 3.00 bits per heavy atom. The first-order chi connectivity index (χ1) is 11.2. The molecule has 120 valence electrons. The lowest BCUT2D eigenvalue weighted by Crippen LogP contribution is -2.44. The maximum Gasteiger partial charge on any atom is 0.236 e. The summed E-state index contributed by atoms with van der Waals surface area (Å²) in [4.78, 5) is 16.2. The summed E-state index contributed by atoms with van der Waals surface area (Å²) in [5.74, 6) is 0.291. The van der Waals surface area contributed by atoms with Gasteiger partial charge in [-0.2, -0.15) is 5.10 Å². The summed E-state index contributed by atoms with van der Waals surface area (Å²) in [6.45, 7) is 3.72. The van der Waals surface area contributed by atoms with Crippen molar-refractivity contribution in [3.63, 3.8) is 0 Å². The molecule has 0 aliphatic carbocycles. The summed E-state index contributed by atoms with van der Waals surface area (Å²) in [6, 6.07) is 8.69. The summed E-state index contributed by atoms with van der Waals surface area (Å²) >= 11 is 1.73. The van der Waals surface area contributed by atoms with Crippen LogP contribution in [0.15, 0.2) is 41.6 Å². The van der Waals surface area contributed by atoms with Crippen LogP contribution in [0.1, 0.15) is 30.0 Å². The normalized spacial score (nSPS) is 23.8. The van der Waals surface area contributed by atoms with Gasteiger partial charge in [0.2, 0.25) is 5.91 Å². The van der Waals surface area contributed by atoms with Crippen LogP contribution in [0.4, 0.5) is 0 Å². The molecule has 1 amide bonds. The van der Waals surface area contributed by atoms with Crippen LogP contribution in [-0.2, 0) is 11.2 Å². The van der Waals surface area contributed by atoms with Crippen LogP contribution in [0, 0.1) is 6.92 Å². The average Bonchev–Trinajstić information content (AvgIpc) is 3.20. The van der Waals surface area contributed by atoms with E-state index in [1.165, 1.54) is 16.0 Å². The van der Waals surface area contributed by atoms with E-state index in [1.807, 2.05) is 10.9 Å². The Balaban J connectivity index is 1.45. The Kier molecular flexibility index (Phi) is 3.89. The Morgan fingerprint density at radius 1 is 1.35 bits per heavy atom. The van der Waals surface area contributed by atoms with Crippen molar-refractivity contribution in [1.29, 1.82) is 0 Å². The molecule has 0 saturated carbocycles. The molecule has 1 aromatic carbocycles. The predicted octanol–water partition coefficient (Wildman–Crippen LogP) is 3.07. The first-order valence-electron chi connectivity index (χ1n) is 8.25. The zero-order valence-corrected chi connectivity index (χ0v) is 14.1. The molecule has 4 nitrogen and oxygen atoms in total. The number of aryl methyl sites for hydroxylation is 1. The van der Waals surface area contributed by atoms with Crippen LogP contribution < -0.4 is 0 Å². The van der Waals surface area contributed by atoms with Crippen molar-refractivity contribution >= 4 is 17.7 Å². The number of piperidine rings is 1. The summed E-state index contributed by atoms with van der Waals surface area (Å²) in [5, 5.41) is 4.48. The van der Waals surface area contributed by atoms with Crippen LogP contribution in [0.5, 0.6) is 0 Å². The minimum absolute atomic E-state index is 0.0468. The van der Waals surface area contributed by atoms with Gasteiger partial charge in [-0.25, -0.2) is 0 Å². The largest absolute Gasteiger partial charge is 0.340 e. The molecule has 2 aromatic rings. The summed E-state index contributed by atoms with van der Waals surface area (Å²) in [7, 11) is 0. The number of likely N-dealkylation sites (tertiary alicyclic amines) is 1. The van der Waals surface area contributed by atoms with E-state index < -0.39 is 0 Å². The molecule has 4 rings (SSSR count). The third-order valence-electron chi connectivity index (χ3n) is 4.74. The highest BCUT2D eigenvalue weighted by atomic mass is 32.2. The van der Waals surface area contributed by atoms with E-state index in [9.17, 15) is 4.79 Å². The molecule has 5 heteroatoms. The fourth-order valence-electron chi connectivity index (χ4n) is 3.53. The molecule has 23 heavy (non-hydrogen) atoms. The zero-order valence-electron chi connectivity index (χ0n) is 13.3. The van der Waals surface area contributed by atoms with E-state index >= 15 is 0 Å². The summed E-state index contributed by atoms with van der Waals surface area (Å²) in [6.07, 6.45) is 6.99. The lowest BCUT2D eigenvalue weighted by molar-refractivity contribution is -0.132. The van der Waals surface area contributed by atoms with Gasteiger partial charge in [0, 0.05) is 24.2 Å². The summed E-state index contributed by atoms with van der Waals surface area (Å²) in [5.41, 5.74) is 2.49. The number of nitrogens with zero attached hydrogens (tertiary/aromatic N) is 3. The standard InChI is InChI=1S/C18H21N3OS/c1-13-10-19-21(11-13)15-6-4-8-20(12-15)18(22)17-9-14-5-2-3-7-16(14)23-17/h2-3,5,7,10-11,15,17H,4,6,8-9,12H2,1H3/t15-,17-/m1/s1. The number of amides is 1. The molecule has 2 aliphatic rings. The molecule has 0 radical (unpaired) electrons. The van der Waals surface area contributed by atoms with E-state index in [4.69, 9.17) is 0 Å². The second-order valence-electron chi connectivity index (χ2n) is 6.50. The monoisotopic (exact) mass is 327 g/mol. The molecule has 3 heterocycles. The highest BCUT2D eigenvalue weighted by Crippen LogP contribution is 2.38. The van der Waals surface area contributed by atoms with Crippen LogP contribution >= 0.6 is 11.8 Å². The van der Waals surface area contributed by atoms with Crippen molar-refractivity contribution in [3.8, 4) is 0 Å². The van der Waals surface area contributed by atoms with Crippen LogP contribution in [-0.4, -0.2) is 38.9 Å². The second kappa shape index (κ2) is 6.04. The maximum atomic E-state index is 12.9. The number of benzene rings is 1. The van der Waals surface area contributed by atoms with Gasteiger partial charge in [0.1, 0.15) is 0 Å². The molecule has 1 saturated heterocycles. The van der Waals surface area contributed by atoms with Crippen molar-refractivity contribution < 1.29 is 4.79 Å². The first-order valence-corrected chi connectivity index (χ1v) is 9.13. The number of aromatic nitrogens is 2. The molecule has 0 spiro atoms. The quantitative estimate of drug-likeness (QED) is 0.851. The minimum atomic E-state index is 0.0468. The van der Waals surface area contributed by atoms with Crippen molar-refractivity contribution in [2.45, 2.75) is 42.4 Å². The number of fused-ring (bicyclic) bond motifs is 1. The Labute approximate surface area is 140 Å². The van der Waals surface area contributed by atoms with Gasteiger partial charge >= 0.3 is 0 Å². The van der Waals surface area contributed by atoms with Gasteiger partial charge in [-0.1, -0.05) is 18.2 Å². The Hall–Kier alpha value is -1.75. The summed E-state index contributed by atoms with van der Waals surface area (Å²) < 4.78 is 2.03. The van der Waals surface area contributed by atoms with Crippen molar-refractivity contribution in [2.75, 3.05) is 13.1 Å². The number of rotatable bonds is 2. The number of hydrogen-bond donors (Lipinski definition) is 0. The molecule has 0 N–H and O–H groups in total. The van der Waals surface area contributed by atoms with Gasteiger partial charge in [0.05, 0.1) is 17.5 Å². The van der Waals surface area contributed by atoms with E-state index in [2.05, 4.69) is 47.4 Å². The van der Waals surface area contributed by atoms with Crippen molar-refractivity contribution in [1.82, 2.24) is 14.7 Å². The van der Waals surface area contributed by atoms with E-state index in [0.29, 0.717) is 11.9 Å². The van der Waals surface area contributed by atoms with Crippen LogP contribution in [0.3, 0.4) is 0 Å². The Morgan fingerprint density at radius 2 is 2.22 bits per heavy atom. The smallest absolute Gasteiger partial charge is 0.236 e. The van der Waals surface area contributed by atoms with E-state index in [0.717, 1.165) is 32.4 Å². The van der Waals surface area contributed by atoms with Gasteiger partial charge in [-0.3, -0.25) is 9.48 Å². The number of hydrogen-bond acceptors (Lipinski definition) is 3. The van der Waals surface area contributed by atoms with Crippen LogP contribution in [0.2, 0.25) is 0 Å². The van der Waals surface area contributed by atoms with Crippen molar-refractivity contribution in [2.24, 2.45) is 0 Å². The molecule has 0 unspecified atom stereocenters. The number of carbonyl (C=O) groups excluding carboxylic acids is 1. The molecule has 2 atom stereocenters. The third-order valence-corrected chi connectivity index (χ3v) is 6.04. The van der Waals surface area contributed by atoms with E-state index in [1.54, 1.807) is 11.8 Å². The zero-order chi connectivity index (χ0) is 15.8.